The Balaban J connectivity index is 2.90. The van der Waals surface area contributed by atoms with Gasteiger partial charge in [-0.1, -0.05) is 18.5 Å². The maximum Gasteiger partial charge on any atom is 0.314 e. The molecule has 1 atom stereocenters. The zero-order valence-electron chi connectivity index (χ0n) is 13.3. The summed E-state index contributed by atoms with van der Waals surface area (Å²) in [4.78, 5) is 11.7. The summed E-state index contributed by atoms with van der Waals surface area (Å²) in [7, 11) is 1.38. The van der Waals surface area contributed by atoms with Crippen LogP contribution in [0.15, 0.2) is 18.2 Å². The summed E-state index contributed by atoms with van der Waals surface area (Å²) in [5, 5.41) is 3.99. The molecular weight excluding hydrogens is 290 g/mol. The van der Waals surface area contributed by atoms with Gasteiger partial charge in [0.25, 0.3) is 0 Å². The Hall–Kier alpha value is -1.26. The van der Waals surface area contributed by atoms with E-state index in [4.69, 9.17) is 21.1 Å². The van der Waals surface area contributed by atoms with E-state index in [0.29, 0.717) is 5.02 Å². The molecule has 0 bridgehead atoms. The topological polar surface area (TPSA) is 47.6 Å². The third kappa shape index (κ3) is 4.90. The first kappa shape index (κ1) is 17.8. The molecule has 0 fully saturated rings. The molecule has 0 aliphatic carbocycles. The monoisotopic (exact) mass is 313 g/mol. The number of esters is 1. The smallest absolute Gasteiger partial charge is 0.314 e. The first-order valence-corrected chi connectivity index (χ1v) is 7.43. The van der Waals surface area contributed by atoms with Crippen LogP contribution in [0, 0.1) is 5.41 Å². The predicted molar refractivity (Wildman–Crippen MR) is 84.8 cm³/mol. The second-order valence-corrected chi connectivity index (χ2v) is 6.06. The van der Waals surface area contributed by atoms with E-state index in [2.05, 4.69) is 5.32 Å². The molecule has 0 amide bonds. The molecule has 1 unspecified atom stereocenters. The maximum absolute atomic E-state index is 11.7. The molecule has 118 valence electrons. The fourth-order valence-corrected chi connectivity index (χ4v) is 2.18. The molecule has 0 saturated heterocycles. The van der Waals surface area contributed by atoms with Crippen LogP contribution in [-0.4, -0.2) is 26.2 Å². The number of halogens is 1. The van der Waals surface area contributed by atoms with Gasteiger partial charge in [0, 0.05) is 16.6 Å². The molecule has 1 N–H and O–H groups in total. The molecule has 5 heteroatoms. The second-order valence-electron chi connectivity index (χ2n) is 5.63. The van der Waals surface area contributed by atoms with Crippen molar-refractivity contribution in [2.75, 3.05) is 20.3 Å². The van der Waals surface area contributed by atoms with Crippen molar-refractivity contribution in [3.63, 3.8) is 0 Å². The number of carbonyl (C=O) groups excluding carboxylic acids is 1. The lowest BCUT2D eigenvalue weighted by Crippen LogP contribution is -2.32. The molecule has 21 heavy (non-hydrogen) atoms. The van der Waals surface area contributed by atoms with Crippen LogP contribution in [0.2, 0.25) is 5.02 Å². The summed E-state index contributed by atoms with van der Waals surface area (Å²) in [6.07, 6.45) is 0. The van der Waals surface area contributed by atoms with E-state index in [1.807, 2.05) is 26.0 Å². The van der Waals surface area contributed by atoms with Crippen molar-refractivity contribution in [1.82, 2.24) is 5.32 Å². The van der Waals surface area contributed by atoms with Gasteiger partial charge in [-0.2, -0.15) is 0 Å². The van der Waals surface area contributed by atoms with Crippen LogP contribution in [-0.2, 0) is 9.53 Å². The second kappa shape index (κ2) is 7.66. The first-order valence-electron chi connectivity index (χ1n) is 7.06. The molecule has 0 aliphatic heterocycles. The minimum absolute atomic E-state index is 0.116. The summed E-state index contributed by atoms with van der Waals surface area (Å²) in [6.45, 7) is 8.77. The fourth-order valence-electron chi connectivity index (χ4n) is 2.00. The number of methoxy groups -OCH3 is 1. The molecule has 1 rings (SSSR count). The van der Waals surface area contributed by atoms with Crippen molar-refractivity contribution in [1.29, 1.82) is 0 Å². The van der Waals surface area contributed by atoms with E-state index in [0.717, 1.165) is 17.9 Å². The molecule has 1 aromatic rings. The third-order valence-electron chi connectivity index (χ3n) is 3.28. The highest BCUT2D eigenvalue weighted by Crippen LogP contribution is 2.30. The molecule has 1 aromatic carbocycles. The van der Waals surface area contributed by atoms with E-state index in [9.17, 15) is 4.79 Å². The van der Waals surface area contributed by atoms with Crippen molar-refractivity contribution >= 4 is 17.6 Å². The Labute approximate surface area is 131 Å². The standard InChI is InChI=1S/C16H24ClNO3/c1-6-18-11(2)13-9-12(17)7-8-14(13)21-10-16(3,4)15(19)20-5/h7-9,11,18H,6,10H2,1-5H3. The van der Waals surface area contributed by atoms with E-state index in [1.165, 1.54) is 7.11 Å². The Morgan fingerprint density at radius 2 is 2.10 bits per heavy atom. The predicted octanol–water partition coefficient (Wildman–Crippen LogP) is 3.59. The van der Waals surface area contributed by atoms with E-state index >= 15 is 0 Å². The summed E-state index contributed by atoms with van der Waals surface area (Å²) in [5.74, 6) is 0.433. The van der Waals surface area contributed by atoms with Gasteiger partial charge in [0.2, 0.25) is 0 Å². The van der Waals surface area contributed by atoms with E-state index in [1.54, 1.807) is 19.9 Å². The van der Waals surface area contributed by atoms with E-state index in [-0.39, 0.29) is 18.6 Å². The number of hydrogen-bond donors (Lipinski definition) is 1. The molecule has 0 heterocycles. The normalized spacial score (nSPS) is 12.9. The third-order valence-corrected chi connectivity index (χ3v) is 3.51. The lowest BCUT2D eigenvalue weighted by Gasteiger charge is -2.24. The number of ether oxygens (including phenoxy) is 2. The average Bonchev–Trinajstić information content (AvgIpc) is 2.45. The quantitative estimate of drug-likeness (QED) is 0.782. The van der Waals surface area contributed by atoms with Gasteiger partial charge in [-0.25, -0.2) is 0 Å². The van der Waals surface area contributed by atoms with Gasteiger partial charge in [0.15, 0.2) is 0 Å². The lowest BCUT2D eigenvalue weighted by atomic mass is 9.95. The Morgan fingerprint density at radius 1 is 1.43 bits per heavy atom. The number of benzene rings is 1. The van der Waals surface area contributed by atoms with Crippen molar-refractivity contribution in [2.45, 2.75) is 33.7 Å². The lowest BCUT2D eigenvalue weighted by molar-refractivity contribution is -0.152. The fraction of sp³-hybridized carbons (Fsp3) is 0.562. The van der Waals surface area contributed by atoms with Gasteiger partial charge in [0.05, 0.1) is 12.5 Å². The zero-order valence-corrected chi connectivity index (χ0v) is 14.1. The Morgan fingerprint density at radius 3 is 2.67 bits per heavy atom. The number of carbonyl (C=O) groups is 1. The van der Waals surface area contributed by atoms with Crippen LogP contribution in [0.3, 0.4) is 0 Å². The van der Waals surface area contributed by atoms with E-state index < -0.39 is 5.41 Å². The summed E-state index contributed by atoms with van der Waals surface area (Å²) in [5.41, 5.74) is 0.276. The summed E-state index contributed by atoms with van der Waals surface area (Å²) < 4.78 is 10.6. The molecule has 0 radical (unpaired) electrons. The van der Waals surface area contributed by atoms with Crippen LogP contribution in [0.5, 0.6) is 5.75 Å². The average molecular weight is 314 g/mol. The minimum Gasteiger partial charge on any atom is -0.492 e. The first-order chi connectivity index (χ1) is 9.81. The summed E-state index contributed by atoms with van der Waals surface area (Å²) in [6, 6.07) is 5.61. The highest BCUT2D eigenvalue weighted by atomic mass is 35.5. The van der Waals surface area contributed by atoms with Crippen molar-refractivity contribution in [2.24, 2.45) is 5.41 Å². The van der Waals surface area contributed by atoms with Gasteiger partial charge >= 0.3 is 5.97 Å². The molecule has 0 aromatic heterocycles. The van der Waals surface area contributed by atoms with Gasteiger partial charge in [-0.3, -0.25) is 4.79 Å². The van der Waals surface area contributed by atoms with Crippen LogP contribution in [0.4, 0.5) is 0 Å². The van der Waals surface area contributed by atoms with Crippen LogP contribution in [0.1, 0.15) is 39.3 Å². The highest BCUT2D eigenvalue weighted by Gasteiger charge is 2.30. The largest absolute Gasteiger partial charge is 0.492 e. The SMILES string of the molecule is CCNC(C)c1cc(Cl)ccc1OCC(C)(C)C(=O)OC. The number of rotatable bonds is 7. The van der Waals surface area contributed by atoms with Gasteiger partial charge in [-0.15, -0.1) is 0 Å². The van der Waals surface area contributed by atoms with Crippen molar-refractivity contribution in [3.05, 3.63) is 28.8 Å². The minimum atomic E-state index is -0.701. The molecule has 0 aliphatic rings. The van der Waals surface area contributed by atoms with Crippen LogP contribution >= 0.6 is 11.6 Å². The van der Waals surface area contributed by atoms with Crippen molar-refractivity contribution in [3.8, 4) is 5.75 Å². The highest BCUT2D eigenvalue weighted by molar-refractivity contribution is 6.30. The molecule has 0 saturated carbocycles. The van der Waals surface area contributed by atoms with Gasteiger partial charge in [0.1, 0.15) is 12.4 Å². The maximum atomic E-state index is 11.7. The number of hydrogen-bond acceptors (Lipinski definition) is 4. The van der Waals surface area contributed by atoms with Crippen molar-refractivity contribution < 1.29 is 14.3 Å². The number of nitrogens with one attached hydrogen (secondary N) is 1. The Kier molecular flexibility index (Phi) is 6.49. The molecule has 4 nitrogen and oxygen atoms in total. The van der Waals surface area contributed by atoms with Crippen LogP contribution < -0.4 is 10.1 Å². The summed E-state index contributed by atoms with van der Waals surface area (Å²) >= 11 is 6.07. The molecular formula is C16H24ClNO3. The van der Waals surface area contributed by atoms with Gasteiger partial charge < -0.3 is 14.8 Å². The van der Waals surface area contributed by atoms with Gasteiger partial charge in [-0.05, 0) is 45.5 Å². The zero-order chi connectivity index (χ0) is 16.0. The van der Waals surface area contributed by atoms with Crippen LogP contribution in [0.25, 0.3) is 0 Å². The molecule has 0 spiro atoms. The Bertz CT molecular complexity index is 488.